The number of rotatable bonds is 2. The summed E-state index contributed by atoms with van der Waals surface area (Å²) in [6.45, 7) is 5.25. The predicted octanol–water partition coefficient (Wildman–Crippen LogP) is 0.792. The molecule has 0 aromatic carbocycles. The van der Waals surface area contributed by atoms with Gasteiger partial charge >= 0.3 is 0 Å². The smallest absolute Gasteiger partial charge is 0.259 e. The Labute approximate surface area is 94.6 Å². The van der Waals surface area contributed by atoms with Crippen molar-refractivity contribution in [3.8, 4) is 0 Å². The zero-order valence-electron chi connectivity index (χ0n) is 9.64. The summed E-state index contributed by atoms with van der Waals surface area (Å²) in [7, 11) is 0. The van der Waals surface area contributed by atoms with Gasteiger partial charge in [0.25, 0.3) is 5.91 Å². The van der Waals surface area contributed by atoms with Gasteiger partial charge in [-0.3, -0.25) is 4.79 Å². The van der Waals surface area contributed by atoms with E-state index in [1.165, 1.54) is 6.20 Å². The van der Waals surface area contributed by atoms with Gasteiger partial charge in [0.15, 0.2) is 0 Å². The SMILES string of the molecule is Cc1oncc1C(=O)N1CCC(C(C)N)C1. The van der Waals surface area contributed by atoms with E-state index >= 15 is 0 Å². The van der Waals surface area contributed by atoms with E-state index in [2.05, 4.69) is 5.16 Å². The van der Waals surface area contributed by atoms with Crippen molar-refractivity contribution in [3.63, 3.8) is 0 Å². The lowest BCUT2D eigenvalue weighted by Gasteiger charge is -2.17. The Bertz CT molecular complexity index is 386. The summed E-state index contributed by atoms with van der Waals surface area (Å²) < 4.78 is 4.90. The highest BCUT2D eigenvalue weighted by Crippen LogP contribution is 2.21. The van der Waals surface area contributed by atoms with E-state index in [9.17, 15) is 4.79 Å². The number of hydrogen-bond donors (Lipinski definition) is 1. The Morgan fingerprint density at radius 1 is 1.75 bits per heavy atom. The van der Waals surface area contributed by atoms with Crippen molar-refractivity contribution in [3.05, 3.63) is 17.5 Å². The molecule has 5 nitrogen and oxygen atoms in total. The Morgan fingerprint density at radius 3 is 3.00 bits per heavy atom. The molecule has 1 fully saturated rings. The van der Waals surface area contributed by atoms with E-state index in [0.29, 0.717) is 17.2 Å². The number of nitrogens with two attached hydrogens (primary N) is 1. The van der Waals surface area contributed by atoms with Gasteiger partial charge < -0.3 is 15.2 Å². The van der Waals surface area contributed by atoms with Crippen LogP contribution in [0.5, 0.6) is 0 Å². The number of hydrogen-bond acceptors (Lipinski definition) is 4. The molecule has 5 heteroatoms. The van der Waals surface area contributed by atoms with Crippen molar-refractivity contribution in [1.82, 2.24) is 10.1 Å². The van der Waals surface area contributed by atoms with Crippen molar-refractivity contribution in [2.75, 3.05) is 13.1 Å². The first-order valence-corrected chi connectivity index (χ1v) is 5.55. The standard InChI is InChI=1S/C11H17N3O2/c1-7(12)9-3-4-14(6-9)11(15)10-5-13-16-8(10)2/h5,7,9H,3-4,6,12H2,1-2H3. The van der Waals surface area contributed by atoms with E-state index in [1.807, 2.05) is 11.8 Å². The predicted molar refractivity (Wildman–Crippen MR) is 58.9 cm³/mol. The topological polar surface area (TPSA) is 72.4 Å². The van der Waals surface area contributed by atoms with Crippen LogP contribution in [0, 0.1) is 12.8 Å². The molecular weight excluding hydrogens is 206 g/mol. The molecule has 0 bridgehead atoms. The minimum absolute atomic E-state index is 0.00176. The van der Waals surface area contributed by atoms with Gasteiger partial charge in [-0.05, 0) is 26.2 Å². The van der Waals surface area contributed by atoms with Crippen molar-refractivity contribution in [2.45, 2.75) is 26.3 Å². The van der Waals surface area contributed by atoms with Gasteiger partial charge in [0.05, 0.1) is 6.20 Å². The molecular formula is C11H17N3O2. The lowest BCUT2D eigenvalue weighted by Crippen LogP contribution is -2.33. The molecule has 1 aromatic rings. The van der Waals surface area contributed by atoms with Crippen molar-refractivity contribution in [2.24, 2.45) is 11.7 Å². The maximum atomic E-state index is 12.1. The van der Waals surface area contributed by atoms with Crippen LogP contribution in [0.1, 0.15) is 29.5 Å². The largest absolute Gasteiger partial charge is 0.361 e. The molecule has 0 saturated carbocycles. The fourth-order valence-electron chi connectivity index (χ4n) is 2.08. The molecule has 0 spiro atoms. The van der Waals surface area contributed by atoms with Gasteiger partial charge in [0.2, 0.25) is 0 Å². The maximum Gasteiger partial charge on any atom is 0.259 e. The number of amides is 1. The van der Waals surface area contributed by atoms with Crippen LogP contribution in [0.15, 0.2) is 10.7 Å². The molecule has 88 valence electrons. The first-order chi connectivity index (χ1) is 7.59. The number of likely N-dealkylation sites (tertiary alicyclic amines) is 1. The lowest BCUT2D eigenvalue weighted by molar-refractivity contribution is 0.0784. The van der Waals surface area contributed by atoms with E-state index < -0.39 is 0 Å². The van der Waals surface area contributed by atoms with E-state index in [-0.39, 0.29) is 11.9 Å². The second kappa shape index (κ2) is 4.25. The number of aromatic nitrogens is 1. The van der Waals surface area contributed by atoms with Crippen molar-refractivity contribution >= 4 is 5.91 Å². The average molecular weight is 223 g/mol. The fourth-order valence-corrected chi connectivity index (χ4v) is 2.08. The van der Waals surface area contributed by atoms with Crippen LogP contribution in [0.2, 0.25) is 0 Å². The number of aryl methyl sites for hydroxylation is 1. The molecule has 2 atom stereocenters. The number of nitrogens with zero attached hydrogens (tertiary/aromatic N) is 2. The highest BCUT2D eigenvalue weighted by Gasteiger charge is 2.30. The highest BCUT2D eigenvalue weighted by atomic mass is 16.5. The Hall–Kier alpha value is -1.36. The van der Waals surface area contributed by atoms with Crippen LogP contribution in [0.3, 0.4) is 0 Å². The van der Waals surface area contributed by atoms with Crippen molar-refractivity contribution in [1.29, 1.82) is 0 Å². The molecule has 1 aromatic heterocycles. The monoisotopic (exact) mass is 223 g/mol. The van der Waals surface area contributed by atoms with Gasteiger partial charge in [0, 0.05) is 19.1 Å². The van der Waals surface area contributed by atoms with E-state index in [4.69, 9.17) is 10.3 Å². The summed E-state index contributed by atoms with van der Waals surface area (Å²) in [5.74, 6) is 0.986. The minimum atomic E-state index is 0.00176. The maximum absolute atomic E-state index is 12.1. The first kappa shape index (κ1) is 11.1. The first-order valence-electron chi connectivity index (χ1n) is 5.55. The van der Waals surface area contributed by atoms with Crippen LogP contribution < -0.4 is 5.73 Å². The zero-order valence-corrected chi connectivity index (χ0v) is 9.64. The Kier molecular flexibility index (Phi) is 2.96. The van der Waals surface area contributed by atoms with Crippen LogP contribution in [0.25, 0.3) is 0 Å². The van der Waals surface area contributed by atoms with Crippen LogP contribution in [0.4, 0.5) is 0 Å². The number of carbonyl (C=O) groups excluding carboxylic acids is 1. The second-order valence-corrected chi connectivity index (χ2v) is 4.45. The summed E-state index contributed by atoms with van der Waals surface area (Å²) in [6.07, 6.45) is 2.46. The van der Waals surface area contributed by atoms with Gasteiger partial charge in [-0.25, -0.2) is 0 Å². The molecule has 0 aliphatic carbocycles. The Morgan fingerprint density at radius 2 is 2.50 bits per heavy atom. The highest BCUT2D eigenvalue weighted by molar-refractivity contribution is 5.94. The normalized spacial score (nSPS) is 22.4. The summed E-state index contributed by atoms with van der Waals surface area (Å²) in [6, 6.07) is 0.140. The number of carbonyl (C=O) groups is 1. The molecule has 1 saturated heterocycles. The molecule has 2 unspecified atom stereocenters. The third-order valence-corrected chi connectivity index (χ3v) is 3.24. The van der Waals surface area contributed by atoms with Crippen LogP contribution in [-0.4, -0.2) is 35.1 Å². The van der Waals surface area contributed by atoms with Crippen LogP contribution in [-0.2, 0) is 0 Å². The minimum Gasteiger partial charge on any atom is -0.361 e. The van der Waals surface area contributed by atoms with Crippen LogP contribution >= 0.6 is 0 Å². The summed E-state index contributed by atoms with van der Waals surface area (Å²) >= 11 is 0. The molecule has 16 heavy (non-hydrogen) atoms. The van der Waals surface area contributed by atoms with Gasteiger partial charge in [0.1, 0.15) is 11.3 Å². The molecule has 2 heterocycles. The lowest BCUT2D eigenvalue weighted by atomic mass is 10.0. The van der Waals surface area contributed by atoms with Gasteiger partial charge in [-0.1, -0.05) is 5.16 Å². The Balaban J connectivity index is 2.05. The summed E-state index contributed by atoms with van der Waals surface area (Å²) in [5.41, 5.74) is 6.40. The summed E-state index contributed by atoms with van der Waals surface area (Å²) in [4.78, 5) is 13.9. The molecule has 1 amide bonds. The van der Waals surface area contributed by atoms with E-state index in [0.717, 1.165) is 19.5 Å². The molecule has 2 rings (SSSR count). The third kappa shape index (κ3) is 1.95. The fraction of sp³-hybridized carbons (Fsp3) is 0.636. The second-order valence-electron chi connectivity index (χ2n) is 4.45. The zero-order chi connectivity index (χ0) is 11.7. The third-order valence-electron chi connectivity index (χ3n) is 3.24. The molecule has 1 aliphatic rings. The molecule has 1 aliphatic heterocycles. The van der Waals surface area contributed by atoms with Crippen molar-refractivity contribution < 1.29 is 9.32 Å². The molecule has 0 radical (unpaired) electrons. The average Bonchev–Trinajstić information content (AvgIpc) is 2.84. The van der Waals surface area contributed by atoms with E-state index in [1.54, 1.807) is 6.92 Å². The molecule has 2 N–H and O–H groups in total. The van der Waals surface area contributed by atoms with Gasteiger partial charge in [-0.2, -0.15) is 0 Å². The van der Waals surface area contributed by atoms with Gasteiger partial charge in [-0.15, -0.1) is 0 Å². The quantitative estimate of drug-likeness (QED) is 0.804. The summed E-state index contributed by atoms with van der Waals surface area (Å²) in [5, 5.41) is 3.62.